The van der Waals surface area contributed by atoms with Crippen LogP contribution >= 0.6 is 0 Å². The number of pyridine rings is 1. The third kappa shape index (κ3) is 2.52. The van der Waals surface area contributed by atoms with Crippen LogP contribution in [0.5, 0.6) is 0 Å². The van der Waals surface area contributed by atoms with E-state index in [-0.39, 0.29) is 29.9 Å². The van der Waals surface area contributed by atoms with E-state index in [1.165, 1.54) is 24.4 Å². The molecule has 0 aliphatic carbocycles. The first-order valence-corrected chi connectivity index (χ1v) is 9.45. The standard InChI is InChI=1S/C20H9F3NO2S.Ir/c21-20(22,23)12-6-5-11-9-17-18-13(15(11)10-12)7-8-24-19(18)14-3-1-2-4-16(14)27(17,25)26;/h1-2,4-10H;/q-1;. The minimum atomic E-state index is -4.49. The molecule has 0 N–H and O–H groups in total. The van der Waals surface area contributed by atoms with Crippen LogP contribution in [0.2, 0.25) is 0 Å². The Hall–Kier alpha value is -2.28. The van der Waals surface area contributed by atoms with Gasteiger partial charge in [0.25, 0.3) is 0 Å². The first-order chi connectivity index (χ1) is 12.8. The number of halogens is 3. The van der Waals surface area contributed by atoms with Crippen molar-refractivity contribution < 1.29 is 41.7 Å². The smallest absolute Gasteiger partial charge is 0.304 e. The zero-order chi connectivity index (χ0) is 19.0. The van der Waals surface area contributed by atoms with Crippen molar-refractivity contribution >= 4 is 31.4 Å². The molecule has 1 radical (unpaired) electrons. The Morgan fingerprint density at radius 3 is 2.50 bits per heavy atom. The zero-order valence-electron chi connectivity index (χ0n) is 13.8. The monoisotopic (exact) mass is 577 g/mol. The Balaban J connectivity index is 0.00000192. The van der Waals surface area contributed by atoms with Gasteiger partial charge < -0.3 is 4.98 Å². The molecule has 0 bridgehead atoms. The zero-order valence-corrected chi connectivity index (χ0v) is 17.0. The summed E-state index contributed by atoms with van der Waals surface area (Å²) in [7, 11) is -3.83. The van der Waals surface area contributed by atoms with Gasteiger partial charge in [0.05, 0.1) is 10.5 Å². The van der Waals surface area contributed by atoms with Crippen molar-refractivity contribution in [3.8, 4) is 11.3 Å². The summed E-state index contributed by atoms with van der Waals surface area (Å²) in [6.45, 7) is 0. The van der Waals surface area contributed by atoms with Crippen LogP contribution in [0.4, 0.5) is 13.2 Å². The van der Waals surface area contributed by atoms with Gasteiger partial charge in [0.15, 0.2) is 9.84 Å². The van der Waals surface area contributed by atoms with Crippen LogP contribution in [0, 0.1) is 6.07 Å². The van der Waals surface area contributed by atoms with Crippen LogP contribution in [0.15, 0.2) is 64.5 Å². The topological polar surface area (TPSA) is 47.0 Å². The normalized spacial score (nSPS) is 14.5. The molecule has 5 rings (SSSR count). The van der Waals surface area contributed by atoms with Gasteiger partial charge in [0, 0.05) is 26.3 Å². The molecule has 143 valence electrons. The third-order valence-electron chi connectivity index (χ3n) is 4.79. The van der Waals surface area contributed by atoms with E-state index in [0.717, 1.165) is 12.1 Å². The summed E-state index contributed by atoms with van der Waals surface area (Å²) in [6.07, 6.45) is -3.01. The average molecular weight is 577 g/mol. The van der Waals surface area contributed by atoms with Crippen molar-refractivity contribution in [1.29, 1.82) is 0 Å². The van der Waals surface area contributed by atoms with E-state index in [0.29, 0.717) is 32.8 Å². The fourth-order valence-electron chi connectivity index (χ4n) is 3.59. The number of nitrogens with zero attached hydrogens (tertiary/aromatic N) is 1. The van der Waals surface area contributed by atoms with Gasteiger partial charge in [-0.15, -0.1) is 29.8 Å². The largest absolute Gasteiger partial charge is 0.416 e. The molecule has 1 aromatic heterocycles. The van der Waals surface area contributed by atoms with Gasteiger partial charge in [-0.3, -0.25) is 0 Å². The fraction of sp³-hybridized carbons (Fsp3) is 0.0500. The maximum atomic E-state index is 13.2. The summed E-state index contributed by atoms with van der Waals surface area (Å²) in [6, 6.07) is 13.8. The van der Waals surface area contributed by atoms with Crippen molar-refractivity contribution in [2.24, 2.45) is 0 Å². The van der Waals surface area contributed by atoms with Crippen molar-refractivity contribution in [3.63, 3.8) is 0 Å². The molecule has 0 amide bonds. The minimum absolute atomic E-state index is 0. The fourth-order valence-corrected chi connectivity index (χ4v) is 5.27. The molecule has 0 fully saturated rings. The Bertz CT molecular complexity index is 1380. The van der Waals surface area contributed by atoms with E-state index >= 15 is 0 Å². The summed E-state index contributed by atoms with van der Waals surface area (Å²) < 4.78 is 65.7. The number of benzene rings is 3. The van der Waals surface area contributed by atoms with E-state index in [4.69, 9.17) is 0 Å². The first kappa shape index (κ1) is 19.1. The SMILES string of the molecule is O=S1(=O)c2ccc[c-]c2-c2nccc3c2c1cc1ccc(C(F)(F)F)cc13.[Ir]. The number of alkyl halides is 3. The molecule has 2 heterocycles. The molecule has 0 atom stereocenters. The number of rotatable bonds is 0. The molecule has 8 heteroatoms. The van der Waals surface area contributed by atoms with Gasteiger partial charge in [-0.05, 0) is 56.4 Å². The molecular weight excluding hydrogens is 568 g/mol. The summed E-state index contributed by atoms with van der Waals surface area (Å²) in [5, 5.41) is 1.51. The number of hydrogen-bond acceptors (Lipinski definition) is 3. The van der Waals surface area contributed by atoms with Crippen LogP contribution in [0.1, 0.15) is 5.56 Å². The number of fused-ring (bicyclic) bond motifs is 4. The maximum Gasteiger partial charge on any atom is 0.416 e. The summed E-state index contributed by atoms with van der Waals surface area (Å²) in [4.78, 5) is 4.46. The van der Waals surface area contributed by atoms with E-state index in [9.17, 15) is 21.6 Å². The molecule has 28 heavy (non-hydrogen) atoms. The second kappa shape index (κ2) is 6.11. The van der Waals surface area contributed by atoms with Gasteiger partial charge in [-0.2, -0.15) is 13.2 Å². The van der Waals surface area contributed by atoms with Crippen molar-refractivity contribution in [1.82, 2.24) is 4.98 Å². The van der Waals surface area contributed by atoms with Gasteiger partial charge >= 0.3 is 6.18 Å². The average Bonchev–Trinajstić information content (AvgIpc) is 2.65. The molecule has 0 unspecified atom stereocenters. The van der Waals surface area contributed by atoms with Crippen LogP contribution in [0.3, 0.4) is 0 Å². The Labute approximate surface area is 171 Å². The molecule has 1 aliphatic rings. The number of aromatic nitrogens is 1. The molecule has 3 aromatic carbocycles. The van der Waals surface area contributed by atoms with Crippen molar-refractivity contribution in [3.05, 3.63) is 66.4 Å². The molecule has 3 nitrogen and oxygen atoms in total. The van der Waals surface area contributed by atoms with Gasteiger partial charge in [-0.1, -0.05) is 6.07 Å². The second-order valence-electron chi connectivity index (χ2n) is 6.30. The number of sulfone groups is 1. The molecule has 0 saturated heterocycles. The van der Waals surface area contributed by atoms with E-state index in [2.05, 4.69) is 11.1 Å². The van der Waals surface area contributed by atoms with Crippen LogP contribution in [-0.2, 0) is 36.1 Å². The summed E-state index contributed by atoms with van der Waals surface area (Å²) in [5.41, 5.74) is -0.0385. The van der Waals surface area contributed by atoms with Crippen LogP contribution < -0.4 is 0 Å². The second-order valence-corrected chi connectivity index (χ2v) is 8.19. The summed E-state index contributed by atoms with van der Waals surface area (Å²) >= 11 is 0. The summed E-state index contributed by atoms with van der Waals surface area (Å²) in [5.74, 6) is 0. The predicted octanol–water partition coefficient (Wildman–Crippen LogP) is 5.02. The third-order valence-corrected chi connectivity index (χ3v) is 6.61. The van der Waals surface area contributed by atoms with Crippen molar-refractivity contribution in [2.75, 3.05) is 0 Å². The number of hydrogen-bond donors (Lipinski definition) is 0. The van der Waals surface area contributed by atoms with E-state index < -0.39 is 21.6 Å². The Morgan fingerprint density at radius 2 is 1.75 bits per heavy atom. The molecule has 0 saturated carbocycles. The van der Waals surface area contributed by atoms with Gasteiger partial charge in [-0.25, -0.2) is 8.42 Å². The van der Waals surface area contributed by atoms with Crippen molar-refractivity contribution in [2.45, 2.75) is 16.0 Å². The molecule has 1 aliphatic heterocycles. The maximum absolute atomic E-state index is 13.2. The van der Waals surface area contributed by atoms with Crippen LogP contribution in [0.25, 0.3) is 32.8 Å². The predicted molar refractivity (Wildman–Crippen MR) is 94.0 cm³/mol. The molecular formula is C20H9F3IrNO2S-. The first-order valence-electron chi connectivity index (χ1n) is 7.97. The molecule has 4 aromatic rings. The molecule has 0 spiro atoms. The van der Waals surface area contributed by atoms with E-state index in [1.807, 2.05) is 0 Å². The van der Waals surface area contributed by atoms with E-state index in [1.54, 1.807) is 18.2 Å². The Morgan fingerprint density at radius 1 is 0.964 bits per heavy atom. The Kier molecular flexibility index (Phi) is 4.16. The minimum Gasteiger partial charge on any atom is -0.304 e. The van der Waals surface area contributed by atoms with Crippen LogP contribution in [-0.4, -0.2) is 13.4 Å². The van der Waals surface area contributed by atoms with Gasteiger partial charge in [0.1, 0.15) is 0 Å². The van der Waals surface area contributed by atoms with Gasteiger partial charge in [0.2, 0.25) is 0 Å². The quantitative estimate of drug-likeness (QED) is 0.192.